The topological polar surface area (TPSA) is 88.3 Å². The maximum Gasteiger partial charge on any atom is 0.211 e. The quantitative estimate of drug-likeness (QED) is 0.782. The second-order valence-corrected chi connectivity index (χ2v) is 8.06. The molecule has 126 valence electrons. The van der Waals surface area contributed by atoms with Gasteiger partial charge in [0, 0.05) is 24.5 Å². The molecule has 3 heterocycles. The van der Waals surface area contributed by atoms with Crippen molar-refractivity contribution < 1.29 is 12.8 Å². The summed E-state index contributed by atoms with van der Waals surface area (Å²) in [6.45, 7) is 1.04. The first kappa shape index (κ1) is 15.3. The van der Waals surface area contributed by atoms with Crippen LogP contribution in [0.1, 0.15) is 12.8 Å². The van der Waals surface area contributed by atoms with Crippen molar-refractivity contribution >= 4 is 37.9 Å². The van der Waals surface area contributed by atoms with Gasteiger partial charge in [0.15, 0.2) is 11.4 Å². The summed E-state index contributed by atoms with van der Waals surface area (Å²) in [5.41, 5.74) is 2.21. The van der Waals surface area contributed by atoms with E-state index in [2.05, 4.69) is 15.3 Å². The van der Waals surface area contributed by atoms with Gasteiger partial charge >= 0.3 is 0 Å². The SMILES string of the molecule is CS(=O)(=O)N1CCC(Nc2ncnc3c2oc2ccccc23)CC1. The minimum absolute atomic E-state index is 0.161. The summed E-state index contributed by atoms with van der Waals surface area (Å²) in [6, 6.07) is 7.92. The fourth-order valence-corrected chi connectivity index (χ4v) is 4.03. The molecular formula is C16H18N4O3S. The number of sulfonamides is 1. The third kappa shape index (κ3) is 2.71. The van der Waals surface area contributed by atoms with Gasteiger partial charge in [0.25, 0.3) is 0 Å². The molecule has 2 aromatic heterocycles. The molecule has 0 amide bonds. The van der Waals surface area contributed by atoms with Gasteiger partial charge in [-0.25, -0.2) is 22.7 Å². The number of para-hydroxylation sites is 1. The molecule has 0 unspecified atom stereocenters. The minimum atomic E-state index is -3.11. The maximum absolute atomic E-state index is 11.6. The van der Waals surface area contributed by atoms with Crippen LogP contribution < -0.4 is 5.32 Å². The van der Waals surface area contributed by atoms with E-state index in [1.807, 2.05) is 24.3 Å². The summed E-state index contributed by atoms with van der Waals surface area (Å²) in [4.78, 5) is 8.65. The Morgan fingerprint density at radius 1 is 1.21 bits per heavy atom. The van der Waals surface area contributed by atoms with Crippen LogP contribution in [-0.4, -0.2) is 48.1 Å². The van der Waals surface area contributed by atoms with Gasteiger partial charge in [-0.05, 0) is 25.0 Å². The molecule has 0 radical (unpaired) electrons. The second-order valence-electron chi connectivity index (χ2n) is 6.08. The van der Waals surface area contributed by atoms with Crippen molar-refractivity contribution in [3.8, 4) is 0 Å². The third-order valence-corrected chi connectivity index (χ3v) is 5.72. The highest BCUT2D eigenvalue weighted by atomic mass is 32.2. The Balaban J connectivity index is 1.59. The third-order valence-electron chi connectivity index (χ3n) is 4.42. The lowest BCUT2D eigenvalue weighted by Gasteiger charge is -2.30. The molecule has 24 heavy (non-hydrogen) atoms. The number of benzene rings is 1. The van der Waals surface area contributed by atoms with Crippen LogP contribution in [0.2, 0.25) is 0 Å². The second kappa shape index (κ2) is 5.71. The molecule has 1 aromatic carbocycles. The monoisotopic (exact) mass is 346 g/mol. The first-order chi connectivity index (χ1) is 11.5. The van der Waals surface area contributed by atoms with E-state index < -0.39 is 10.0 Å². The molecule has 1 aliphatic heterocycles. The summed E-state index contributed by atoms with van der Waals surface area (Å²) < 4.78 is 30.6. The van der Waals surface area contributed by atoms with E-state index in [1.165, 1.54) is 16.9 Å². The number of furan rings is 1. The Bertz CT molecular complexity index is 991. The smallest absolute Gasteiger partial charge is 0.211 e. The molecule has 8 heteroatoms. The van der Waals surface area contributed by atoms with Crippen LogP contribution in [0, 0.1) is 0 Å². The Labute approximate surface area is 139 Å². The molecule has 7 nitrogen and oxygen atoms in total. The lowest BCUT2D eigenvalue weighted by molar-refractivity contribution is 0.331. The molecular weight excluding hydrogens is 328 g/mol. The summed E-state index contributed by atoms with van der Waals surface area (Å²) in [7, 11) is -3.11. The zero-order valence-corrected chi connectivity index (χ0v) is 14.1. The van der Waals surface area contributed by atoms with Crippen LogP contribution in [0.15, 0.2) is 35.0 Å². The average molecular weight is 346 g/mol. The van der Waals surface area contributed by atoms with Crippen LogP contribution in [0.25, 0.3) is 22.1 Å². The number of nitrogens with one attached hydrogen (secondary N) is 1. The number of aromatic nitrogens is 2. The predicted octanol–water partition coefficient (Wildman–Crippen LogP) is 2.21. The van der Waals surface area contributed by atoms with Gasteiger partial charge in [0.2, 0.25) is 10.0 Å². The number of piperidine rings is 1. The molecule has 0 atom stereocenters. The van der Waals surface area contributed by atoms with Crippen LogP contribution in [0.5, 0.6) is 0 Å². The van der Waals surface area contributed by atoms with Gasteiger partial charge < -0.3 is 9.73 Å². The summed E-state index contributed by atoms with van der Waals surface area (Å²) >= 11 is 0. The van der Waals surface area contributed by atoms with E-state index >= 15 is 0 Å². The standard InChI is InChI=1S/C16H18N4O3S/c1-24(21,22)20-8-6-11(7-9-20)19-16-15-14(17-10-18-16)12-4-2-3-5-13(12)23-15/h2-5,10-11H,6-9H2,1H3,(H,17,18,19). The highest BCUT2D eigenvalue weighted by Crippen LogP contribution is 2.31. The molecule has 0 spiro atoms. The normalized spacial score (nSPS) is 17.5. The number of rotatable bonds is 3. The fraction of sp³-hybridized carbons (Fsp3) is 0.375. The van der Waals surface area contributed by atoms with E-state index in [0.717, 1.165) is 29.3 Å². The van der Waals surface area contributed by atoms with Crippen molar-refractivity contribution in [3.63, 3.8) is 0 Å². The molecule has 1 aliphatic rings. The molecule has 1 fully saturated rings. The van der Waals surface area contributed by atoms with E-state index in [0.29, 0.717) is 24.5 Å². The van der Waals surface area contributed by atoms with E-state index in [-0.39, 0.29) is 6.04 Å². The van der Waals surface area contributed by atoms with Crippen LogP contribution in [0.3, 0.4) is 0 Å². The Morgan fingerprint density at radius 3 is 2.71 bits per heavy atom. The zero-order chi connectivity index (χ0) is 16.7. The van der Waals surface area contributed by atoms with Gasteiger partial charge in [-0.2, -0.15) is 0 Å². The van der Waals surface area contributed by atoms with Crippen molar-refractivity contribution in [1.82, 2.24) is 14.3 Å². The lowest BCUT2D eigenvalue weighted by Crippen LogP contribution is -2.41. The van der Waals surface area contributed by atoms with Gasteiger partial charge in [-0.3, -0.25) is 0 Å². The number of nitrogens with zero attached hydrogens (tertiary/aromatic N) is 3. The van der Waals surface area contributed by atoms with E-state index in [9.17, 15) is 8.42 Å². The van der Waals surface area contributed by atoms with E-state index in [1.54, 1.807) is 0 Å². The Kier molecular flexibility index (Phi) is 3.65. The number of hydrogen-bond acceptors (Lipinski definition) is 6. The molecule has 0 bridgehead atoms. The summed E-state index contributed by atoms with van der Waals surface area (Å²) in [6.07, 6.45) is 4.25. The number of anilines is 1. The predicted molar refractivity (Wildman–Crippen MR) is 92.4 cm³/mol. The molecule has 4 rings (SSSR count). The largest absolute Gasteiger partial charge is 0.450 e. The zero-order valence-electron chi connectivity index (χ0n) is 13.3. The molecule has 1 N–H and O–H groups in total. The summed E-state index contributed by atoms with van der Waals surface area (Å²) in [5.74, 6) is 0.661. The fourth-order valence-electron chi connectivity index (χ4n) is 3.15. The van der Waals surface area contributed by atoms with E-state index in [4.69, 9.17) is 4.42 Å². The van der Waals surface area contributed by atoms with Gasteiger partial charge in [-0.15, -0.1) is 0 Å². The number of hydrogen-bond donors (Lipinski definition) is 1. The lowest BCUT2D eigenvalue weighted by atomic mass is 10.1. The Morgan fingerprint density at radius 2 is 1.96 bits per heavy atom. The molecule has 0 saturated carbocycles. The van der Waals surface area contributed by atoms with Crippen molar-refractivity contribution in [1.29, 1.82) is 0 Å². The first-order valence-corrected chi connectivity index (χ1v) is 9.71. The van der Waals surface area contributed by atoms with Crippen molar-refractivity contribution in [2.45, 2.75) is 18.9 Å². The van der Waals surface area contributed by atoms with Gasteiger partial charge in [-0.1, -0.05) is 12.1 Å². The van der Waals surface area contributed by atoms with Crippen molar-refractivity contribution in [3.05, 3.63) is 30.6 Å². The first-order valence-electron chi connectivity index (χ1n) is 7.86. The van der Waals surface area contributed by atoms with Crippen molar-refractivity contribution in [2.24, 2.45) is 0 Å². The van der Waals surface area contributed by atoms with Crippen LogP contribution >= 0.6 is 0 Å². The highest BCUT2D eigenvalue weighted by molar-refractivity contribution is 7.88. The van der Waals surface area contributed by atoms with Gasteiger partial charge in [0.1, 0.15) is 17.4 Å². The minimum Gasteiger partial charge on any atom is -0.450 e. The maximum atomic E-state index is 11.6. The molecule has 1 saturated heterocycles. The molecule has 0 aliphatic carbocycles. The van der Waals surface area contributed by atoms with Crippen LogP contribution in [0.4, 0.5) is 5.82 Å². The average Bonchev–Trinajstić information content (AvgIpc) is 2.94. The van der Waals surface area contributed by atoms with Crippen LogP contribution in [-0.2, 0) is 10.0 Å². The Hall–Kier alpha value is -2.19. The highest BCUT2D eigenvalue weighted by Gasteiger charge is 2.25. The molecule has 3 aromatic rings. The van der Waals surface area contributed by atoms with Crippen molar-refractivity contribution in [2.75, 3.05) is 24.7 Å². The summed E-state index contributed by atoms with van der Waals surface area (Å²) in [5, 5.41) is 4.35. The van der Waals surface area contributed by atoms with Gasteiger partial charge in [0.05, 0.1) is 6.26 Å². The number of fused-ring (bicyclic) bond motifs is 3.